The van der Waals surface area contributed by atoms with Crippen LogP contribution >= 0.6 is 0 Å². The highest BCUT2D eigenvalue weighted by molar-refractivity contribution is 5.76. The maximum atomic E-state index is 12.7. The van der Waals surface area contributed by atoms with Gasteiger partial charge in [0.2, 0.25) is 5.91 Å². The first-order chi connectivity index (χ1) is 11.1. The van der Waals surface area contributed by atoms with E-state index in [-0.39, 0.29) is 18.1 Å². The number of hydrogen-bond donors (Lipinski definition) is 0. The minimum Gasteiger partial charge on any atom is -0.341 e. The minimum absolute atomic E-state index is 0.00119. The molecule has 0 N–H and O–H groups in total. The molecule has 0 unspecified atom stereocenters. The van der Waals surface area contributed by atoms with Gasteiger partial charge < -0.3 is 4.90 Å². The van der Waals surface area contributed by atoms with Crippen molar-refractivity contribution in [3.05, 3.63) is 21.5 Å². The molecule has 0 radical (unpaired) electrons. The Labute approximate surface area is 144 Å². The molecule has 1 amide bonds. The summed E-state index contributed by atoms with van der Waals surface area (Å²) in [6.45, 7) is 13.3. The van der Waals surface area contributed by atoms with Crippen molar-refractivity contribution in [3.63, 3.8) is 0 Å². The van der Waals surface area contributed by atoms with Gasteiger partial charge in [-0.25, -0.2) is 0 Å². The van der Waals surface area contributed by atoms with Crippen molar-refractivity contribution in [2.45, 2.75) is 60.9 Å². The second-order valence-electron chi connectivity index (χ2n) is 7.18. The lowest BCUT2D eigenvalue weighted by Crippen LogP contribution is -2.37. The topological polar surface area (TPSA) is 81.3 Å². The van der Waals surface area contributed by atoms with Crippen LogP contribution in [0.4, 0.5) is 5.69 Å². The molecular weight excluding hydrogens is 308 g/mol. The number of nitrogens with zero attached hydrogens (tertiary/aromatic N) is 4. The van der Waals surface area contributed by atoms with Gasteiger partial charge in [-0.1, -0.05) is 27.7 Å². The molecule has 1 aromatic rings. The van der Waals surface area contributed by atoms with Gasteiger partial charge in [-0.05, 0) is 38.5 Å². The van der Waals surface area contributed by atoms with E-state index in [0.29, 0.717) is 36.3 Å². The van der Waals surface area contributed by atoms with Crippen molar-refractivity contribution < 1.29 is 9.72 Å². The zero-order valence-corrected chi connectivity index (χ0v) is 15.7. The van der Waals surface area contributed by atoms with E-state index in [9.17, 15) is 14.9 Å². The smallest absolute Gasteiger partial charge is 0.312 e. The minimum atomic E-state index is -0.437. The normalized spacial score (nSPS) is 11.3. The van der Waals surface area contributed by atoms with E-state index in [1.165, 1.54) is 4.68 Å². The molecule has 0 saturated carbocycles. The van der Waals surface area contributed by atoms with Crippen LogP contribution in [0.2, 0.25) is 0 Å². The Kier molecular flexibility index (Phi) is 7.38. The van der Waals surface area contributed by atoms with Crippen molar-refractivity contribution in [1.82, 2.24) is 14.7 Å². The van der Waals surface area contributed by atoms with Gasteiger partial charge in [0.1, 0.15) is 17.9 Å². The Balaban J connectivity index is 2.86. The van der Waals surface area contributed by atoms with E-state index in [1.54, 1.807) is 13.8 Å². The lowest BCUT2D eigenvalue weighted by atomic mass is 10.1. The number of carbonyl (C=O) groups is 1. The van der Waals surface area contributed by atoms with Crippen molar-refractivity contribution in [3.8, 4) is 0 Å². The molecule has 0 atom stereocenters. The van der Waals surface area contributed by atoms with Crippen molar-refractivity contribution in [2.75, 3.05) is 13.1 Å². The Bertz CT molecular complexity index is 567. The number of nitro groups is 1. The zero-order valence-electron chi connectivity index (χ0n) is 15.7. The number of aryl methyl sites for hydroxylation is 1. The van der Waals surface area contributed by atoms with Gasteiger partial charge in [-0.2, -0.15) is 5.10 Å². The predicted molar refractivity (Wildman–Crippen MR) is 93.8 cm³/mol. The quantitative estimate of drug-likeness (QED) is 0.511. The highest BCUT2D eigenvalue weighted by Crippen LogP contribution is 2.21. The number of hydrogen-bond acceptors (Lipinski definition) is 4. The van der Waals surface area contributed by atoms with Crippen LogP contribution < -0.4 is 0 Å². The summed E-state index contributed by atoms with van der Waals surface area (Å²) in [5.74, 6) is 1.01. The molecule has 0 aliphatic carbocycles. The van der Waals surface area contributed by atoms with Gasteiger partial charge >= 0.3 is 5.69 Å². The molecule has 24 heavy (non-hydrogen) atoms. The van der Waals surface area contributed by atoms with Crippen molar-refractivity contribution >= 4 is 11.6 Å². The summed E-state index contributed by atoms with van der Waals surface area (Å²) >= 11 is 0. The van der Waals surface area contributed by atoms with Gasteiger partial charge in [0.15, 0.2) is 0 Å². The summed E-state index contributed by atoms with van der Waals surface area (Å²) in [4.78, 5) is 25.2. The van der Waals surface area contributed by atoms with Crippen LogP contribution in [-0.4, -0.2) is 38.6 Å². The highest BCUT2D eigenvalue weighted by atomic mass is 16.6. The second kappa shape index (κ2) is 8.80. The van der Waals surface area contributed by atoms with Crippen LogP contribution in [0.15, 0.2) is 0 Å². The molecular formula is C17H30N4O3. The number of amides is 1. The average Bonchev–Trinajstić information content (AvgIpc) is 2.72. The summed E-state index contributed by atoms with van der Waals surface area (Å²) in [6, 6.07) is 0. The third kappa shape index (κ3) is 5.62. The third-order valence-corrected chi connectivity index (χ3v) is 4.12. The van der Waals surface area contributed by atoms with Gasteiger partial charge in [0.05, 0.1) is 4.92 Å². The Morgan fingerprint density at radius 2 is 1.67 bits per heavy atom. The van der Waals surface area contributed by atoms with Crippen molar-refractivity contribution in [2.24, 2.45) is 11.8 Å². The van der Waals surface area contributed by atoms with Gasteiger partial charge in [0.25, 0.3) is 0 Å². The molecule has 7 heteroatoms. The first kappa shape index (κ1) is 20.1. The molecule has 0 aliphatic rings. The standard InChI is InChI=1S/C17H30N4O3/c1-12(2)7-9-19(10-8-13(3)4)16(22)11-20-15(6)17(21(23)24)14(5)18-20/h12-13H,7-11H2,1-6H3. The monoisotopic (exact) mass is 338 g/mol. The lowest BCUT2D eigenvalue weighted by molar-refractivity contribution is -0.386. The van der Waals surface area contributed by atoms with Crippen LogP contribution in [0.3, 0.4) is 0 Å². The molecule has 0 saturated heterocycles. The Hall–Kier alpha value is -1.92. The van der Waals surface area contributed by atoms with Crippen LogP contribution in [-0.2, 0) is 11.3 Å². The fourth-order valence-electron chi connectivity index (χ4n) is 2.52. The molecule has 0 spiro atoms. The third-order valence-electron chi connectivity index (χ3n) is 4.12. The molecule has 0 bridgehead atoms. The van der Waals surface area contributed by atoms with E-state index in [1.807, 2.05) is 4.90 Å². The lowest BCUT2D eigenvalue weighted by Gasteiger charge is -2.24. The largest absolute Gasteiger partial charge is 0.341 e. The summed E-state index contributed by atoms with van der Waals surface area (Å²) < 4.78 is 1.45. The second-order valence-corrected chi connectivity index (χ2v) is 7.18. The summed E-state index contributed by atoms with van der Waals surface area (Å²) in [7, 11) is 0. The highest BCUT2D eigenvalue weighted by Gasteiger charge is 2.24. The fourth-order valence-corrected chi connectivity index (χ4v) is 2.52. The SMILES string of the molecule is Cc1nn(CC(=O)N(CCC(C)C)CCC(C)C)c(C)c1[N+](=O)[O-]. The van der Waals surface area contributed by atoms with Crippen LogP contribution in [0.5, 0.6) is 0 Å². The molecule has 0 aliphatic heterocycles. The number of aromatic nitrogens is 2. The molecule has 1 aromatic heterocycles. The predicted octanol–water partition coefficient (Wildman–Crippen LogP) is 3.33. The van der Waals surface area contributed by atoms with Crippen LogP contribution in [0.25, 0.3) is 0 Å². The van der Waals surface area contributed by atoms with Gasteiger partial charge in [0, 0.05) is 13.1 Å². The molecule has 0 fully saturated rings. The summed E-state index contributed by atoms with van der Waals surface area (Å²) in [6.07, 6.45) is 1.89. The summed E-state index contributed by atoms with van der Waals surface area (Å²) in [5, 5.41) is 15.3. The van der Waals surface area contributed by atoms with E-state index in [0.717, 1.165) is 12.8 Å². The average molecular weight is 338 g/mol. The summed E-state index contributed by atoms with van der Waals surface area (Å²) in [5.41, 5.74) is 0.776. The molecule has 1 rings (SSSR count). The molecule has 7 nitrogen and oxygen atoms in total. The Morgan fingerprint density at radius 1 is 1.17 bits per heavy atom. The fraction of sp³-hybridized carbons (Fsp3) is 0.765. The van der Waals surface area contributed by atoms with Gasteiger partial charge in [-0.3, -0.25) is 19.6 Å². The number of rotatable bonds is 9. The molecule has 0 aromatic carbocycles. The Morgan fingerprint density at radius 3 is 2.04 bits per heavy atom. The van der Waals surface area contributed by atoms with E-state index in [4.69, 9.17) is 0 Å². The maximum Gasteiger partial charge on any atom is 0.312 e. The molecule has 136 valence electrons. The van der Waals surface area contributed by atoms with E-state index < -0.39 is 4.92 Å². The van der Waals surface area contributed by atoms with Crippen LogP contribution in [0.1, 0.15) is 51.9 Å². The zero-order chi connectivity index (χ0) is 18.4. The van der Waals surface area contributed by atoms with Crippen LogP contribution in [0, 0.1) is 35.8 Å². The maximum absolute atomic E-state index is 12.7. The molecule has 1 heterocycles. The van der Waals surface area contributed by atoms with E-state index in [2.05, 4.69) is 32.8 Å². The first-order valence-corrected chi connectivity index (χ1v) is 8.59. The van der Waals surface area contributed by atoms with Gasteiger partial charge in [-0.15, -0.1) is 0 Å². The van der Waals surface area contributed by atoms with Crippen molar-refractivity contribution in [1.29, 1.82) is 0 Å². The number of carbonyl (C=O) groups excluding carboxylic acids is 1. The first-order valence-electron chi connectivity index (χ1n) is 8.59. The van der Waals surface area contributed by atoms with E-state index >= 15 is 0 Å².